The van der Waals surface area contributed by atoms with Gasteiger partial charge in [-0.15, -0.1) is 0 Å². The number of anilines is 1. The van der Waals surface area contributed by atoms with E-state index >= 15 is 0 Å². The molecule has 100 valence electrons. The van der Waals surface area contributed by atoms with Gasteiger partial charge in [-0.25, -0.2) is 0 Å². The molecule has 1 aromatic carbocycles. The fourth-order valence-electron chi connectivity index (χ4n) is 2.64. The van der Waals surface area contributed by atoms with E-state index in [9.17, 15) is 5.11 Å². The van der Waals surface area contributed by atoms with Crippen LogP contribution in [0.25, 0.3) is 0 Å². The molecular weight excluding hydrogens is 222 g/mol. The van der Waals surface area contributed by atoms with Crippen LogP contribution in [0.2, 0.25) is 0 Å². The van der Waals surface area contributed by atoms with Gasteiger partial charge in [0.05, 0.1) is 6.61 Å². The summed E-state index contributed by atoms with van der Waals surface area (Å²) in [6, 6.07) is 8.50. The summed E-state index contributed by atoms with van der Waals surface area (Å²) in [7, 11) is 0. The minimum absolute atomic E-state index is 0.130. The van der Waals surface area contributed by atoms with Gasteiger partial charge < -0.3 is 10.4 Å². The Balaban J connectivity index is 2.10. The lowest BCUT2D eigenvalue weighted by Gasteiger charge is -2.41. The monoisotopic (exact) mass is 247 g/mol. The summed E-state index contributed by atoms with van der Waals surface area (Å²) in [5.74, 6) is 0. The molecule has 1 aliphatic rings. The summed E-state index contributed by atoms with van der Waals surface area (Å²) in [4.78, 5) is 0. The van der Waals surface area contributed by atoms with Crippen LogP contribution in [0, 0.1) is 5.41 Å². The van der Waals surface area contributed by atoms with Crippen molar-refractivity contribution in [1.29, 1.82) is 0 Å². The first-order chi connectivity index (χ1) is 8.47. The lowest BCUT2D eigenvalue weighted by atomic mass is 9.69. The third-order valence-electron chi connectivity index (χ3n) is 4.14. The van der Waals surface area contributed by atoms with Crippen LogP contribution < -0.4 is 5.32 Å². The van der Waals surface area contributed by atoms with E-state index in [1.807, 2.05) is 0 Å². The second-order valence-corrected chi connectivity index (χ2v) is 6.66. The van der Waals surface area contributed by atoms with E-state index < -0.39 is 0 Å². The maximum absolute atomic E-state index is 9.50. The third kappa shape index (κ3) is 2.69. The fourth-order valence-corrected chi connectivity index (χ4v) is 2.64. The average Bonchev–Trinajstić information content (AvgIpc) is 2.27. The van der Waals surface area contributed by atoms with Gasteiger partial charge in [-0.3, -0.25) is 0 Å². The first-order valence-electron chi connectivity index (χ1n) is 6.91. The van der Waals surface area contributed by atoms with Crippen molar-refractivity contribution in [2.24, 2.45) is 5.41 Å². The highest BCUT2D eigenvalue weighted by atomic mass is 16.3. The highest BCUT2D eigenvalue weighted by Crippen LogP contribution is 2.41. The second kappa shape index (κ2) is 4.93. The smallest absolute Gasteiger partial charge is 0.0504 e. The van der Waals surface area contributed by atoms with Crippen molar-refractivity contribution in [3.8, 4) is 0 Å². The molecule has 1 aliphatic carbocycles. The number of hydrogen-bond acceptors (Lipinski definition) is 2. The maximum Gasteiger partial charge on any atom is 0.0504 e. The highest BCUT2D eigenvalue weighted by Gasteiger charge is 2.36. The molecule has 0 aromatic heterocycles. The molecule has 18 heavy (non-hydrogen) atoms. The van der Waals surface area contributed by atoms with Gasteiger partial charge in [0, 0.05) is 17.6 Å². The Morgan fingerprint density at radius 1 is 1.22 bits per heavy atom. The number of benzene rings is 1. The van der Waals surface area contributed by atoms with Crippen LogP contribution in [0.3, 0.4) is 0 Å². The first-order valence-corrected chi connectivity index (χ1v) is 6.91. The van der Waals surface area contributed by atoms with Crippen molar-refractivity contribution >= 4 is 5.69 Å². The number of hydrogen-bond donors (Lipinski definition) is 2. The SMILES string of the molecule is CC(C)(C)c1ccccc1NCC1(CO)CCC1. The van der Waals surface area contributed by atoms with E-state index in [1.165, 1.54) is 17.7 Å². The molecule has 1 aromatic rings. The zero-order valence-corrected chi connectivity index (χ0v) is 11.8. The van der Waals surface area contributed by atoms with Crippen LogP contribution in [0.1, 0.15) is 45.6 Å². The molecule has 2 heteroatoms. The molecule has 0 bridgehead atoms. The Labute approximate surface area is 110 Å². The molecule has 0 saturated heterocycles. The normalized spacial score (nSPS) is 18.2. The largest absolute Gasteiger partial charge is 0.396 e. The molecule has 0 amide bonds. The van der Waals surface area contributed by atoms with Gasteiger partial charge in [-0.1, -0.05) is 45.4 Å². The van der Waals surface area contributed by atoms with Crippen LogP contribution in [0.4, 0.5) is 5.69 Å². The van der Waals surface area contributed by atoms with Crippen LogP contribution in [0.15, 0.2) is 24.3 Å². The van der Waals surface area contributed by atoms with Crippen molar-refractivity contribution in [1.82, 2.24) is 0 Å². The Kier molecular flexibility index (Phi) is 3.67. The Morgan fingerprint density at radius 2 is 1.89 bits per heavy atom. The van der Waals surface area contributed by atoms with Crippen LogP contribution in [-0.4, -0.2) is 18.3 Å². The number of para-hydroxylation sites is 1. The topological polar surface area (TPSA) is 32.3 Å². The van der Waals surface area contributed by atoms with Gasteiger partial charge in [-0.05, 0) is 29.9 Å². The molecule has 1 fully saturated rings. The molecule has 0 atom stereocenters. The highest BCUT2D eigenvalue weighted by molar-refractivity contribution is 5.54. The van der Waals surface area contributed by atoms with Gasteiger partial charge in [0.1, 0.15) is 0 Å². The lowest BCUT2D eigenvalue weighted by molar-refractivity contribution is 0.0576. The Morgan fingerprint density at radius 3 is 2.39 bits per heavy atom. The van der Waals surface area contributed by atoms with Crippen LogP contribution in [0.5, 0.6) is 0 Å². The number of aliphatic hydroxyl groups excluding tert-OH is 1. The van der Waals surface area contributed by atoms with Crippen molar-refractivity contribution in [3.63, 3.8) is 0 Å². The summed E-state index contributed by atoms with van der Waals surface area (Å²) in [5.41, 5.74) is 2.84. The molecule has 2 N–H and O–H groups in total. The van der Waals surface area contributed by atoms with Gasteiger partial charge in [0.15, 0.2) is 0 Å². The van der Waals surface area contributed by atoms with E-state index in [4.69, 9.17) is 0 Å². The molecule has 0 aliphatic heterocycles. The standard InChI is InChI=1S/C16H25NO/c1-15(2,3)13-7-4-5-8-14(13)17-11-16(12-18)9-6-10-16/h4-5,7-8,17-18H,6,9-12H2,1-3H3. The van der Waals surface area contributed by atoms with Gasteiger partial charge >= 0.3 is 0 Å². The predicted octanol–water partition coefficient (Wildman–Crippen LogP) is 3.56. The zero-order chi connectivity index (χ0) is 13.2. The maximum atomic E-state index is 9.50. The summed E-state index contributed by atoms with van der Waals surface area (Å²) in [5, 5.41) is 13.1. The van der Waals surface area contributed by atoms with Crippen molar-refractivity contribution in [2.45, 2.75) is 45.4 Å². The number of nitrogens with one attached hydrogen (secondary N) is 1. The molecule has 1 saturated carbocycles. The Hall–Kier alpha value is -1.02. The van der Waals surface area contributed by atoms with Gasteiger partial charge in [0.25, 0.3) is 0 Å². The average molecular weight is 247 g/mol. The molecule has 0 unspecified atom stereocenters. The lowest BCUT2D eigenvalue weighted by Crippen LogP contribution is -2.40. The predicted molar refractivity (Wildman–Crippen MR) is 77.0 cm³/mol. The summed E-state index contributed by atoms with van der Waals surface area (Å²) in [6.45, 7) is 7.89. The van der Waals surface area contributed by atoms with Crippen molar-refractivity contribution < 1.29 is 5.11 Å². The first kappa shape index (κ1) is 13.4. The van der Waals surface area contributed by atoms with Gasteiger partial charge in [-0.2, -0.15) is 0 Å². The molecule has 2 nitrogen and oxygen atoms in total. The fraction of sp³-hybridized carbons (Fsp3) is 0.625. The van der Waals surface area contributed by atoms with Crippen LogP contribution >= 0.6 is 0 Å². The van der Waals surface area contributed by atoms with E-state index in [-0.39, 0.29) is 10.8 Å². The zero-order valence-electron chi connectivity index (χ0n) is 11.8. The quantitative estimate of drug-likeness (QED) is 0.852. The summed E-state index contributed by atoms with van der Waals surface area (Å²) < 4.78 is 0. The number of aliphatic hydroxyl groups is 1. The summed E-state index contributed by atoms with van der Waals surface area (Å²) in [6.07, 6.45) is 3.55. The molecule has 0 heterocycles. The minimum atomic E-state index is 0.130. The van der Waals surface area contributed by atoms with E-state index in [2.05, 4.69) is 50.4 Å². The molecular formula is C16H25NO. The van der Waals surface area contributed by atoms with Gasteiger partial charge in [0.2, 0.25) is 0 Å². The summed E-state index contributed by atoms with van der Waals surface area (Å²) >= 11 is 0. The third-order valence-corrected chi connectivity index (χ3v) is 4.14. The van der Waals surface area contributed by atoms with E-state index in [0.717, 1.165) is 19.4 Å². The second-order valence-electron chi connectivity index (χ2n) is 6.66. The van der Waals surface area contributed by atoms with E-state index in [1.54, 1.807) is 0 Å². The molecule has 0 spiro atoms. The molecule has 0 radical (unpaired) electrons. The minimum Gasteiger partial charge on any atom is -0.396 e. The van der Waals surface area contributed by atoms with E-state index in [0.29, 0.717) is 6.61 Å². The van der Waals surface area contributed by atoms with Crippen LogP contribution in [-0.2, 0) is 5.41 Å². The van der Waals surface area contributed by atoms with Crippen molar-refractivity contribution in [2.75, 3.05) is 18.5 Å². The number of rotatable bonds is 4. The van der Waals surface area contributed by atoms with Crippen molar-refractivity contribution in [3.05, 3.63) is 29.8 Å². The Bertz CT molecular complexity index is 396. The molecule has 2 rings (SSSR count).